The number of piperazine rings is 1. The second kappa shape index (κ2) is 6.83. The molecule has 1 rings (SSSR count). The molecule has 1 heterocycles. The first-order valence-electron chi connectivity index (χ1n) is 6.04. The van der Waals surface area contributed by atoms with Crippen LogP contribution in [0.25, 0.3) is 0 Å². The van der Waals surface area contributed by atoms with Crippen LogP contribution in [-0.4, -0.2) is 68.1 Å². The second-order valence-corrected chi connectivity index (χ2v) is 4.58. The lowest BCUT2D eigenvalue weighted by molar-refractivity contribution is -0.121. The Hall–Kier alpha value is -0.650. The van der Waals surface area contributed by atoms with E-state index in [4.69, 9.17) is 5.73 Å². The highest BCUT2D eigenvalue weighted by Gasteiger charge is 2.13. The number of nitrogens with two attached hydrogens (primary N) is 1. The Morgan fingerprint density at radius 1 is 1.38 bits per heavy atom. The average molecular weight is 228 g/mol. The molecule has 1 aliphatic rings. The fraction of sp³-hybridized carbons (Fsp3) is 0.909. The molecule has 5 heteroatoms. The van der Waals surface area contributed by atoms with Gasteiger partial charge in [-0.25, -0.2) is 0 Å². The molecule has 16 heavy (non-hydrogen) atoms. The molecule has 94 valence electrons. The number of likely N-dealkylation sites (N-methyl/N-ethyl adjacent to an activating group) is 1. The Bertz CT molecular complexity index is 212. The van der Waals surface area contributed by atoms with Crippen molar-refractivity contribution in [3.05, 3.63) is 0 Å². The molecular formula is C11H24N4O. The largest absolute Gasteiger partial charge is 0.355 e. The summed E-state index contributed by atoms with van der Waals surface area (Å²) in [5, 5.41) is 2.83. The number of nitrogens with one attached hydrogen (secondary N) is 1. The third-order valence-corrected chi connectivity index (χ3v) is 2.96. The zero-order chi connectivity index (χ0) is 12.0. The van der Waals surface area contributed by atoms with E-state index in [1.54, 1.807) is 6.92 Å². The van der Waals surface area contributed by atoms with Crippen molar-refractivity contribution in [2.24, 2.45) is 5.73 Å². The fourth-order valence-corrected chi connectivity index (χ4v) is 1.75. The van der Waals surface area contributed by atoms with Crippen molar-refractivity contribution in [2.75, 3.05) is 46.3 Å². The summed E-state index contributed by atoms with van der Waals surface area (Å²) in [6.07, 6.45) is 1.00. The van der Waals surface area contributed by atoms with Crippen molar-refractivity contribution in [2.45, 2.75) is 19.4 Å². The maximum absolute atomic E-state index is 11.2. The predicted octanol–water partition coefficient (Wildman–Crippen LogP) is -0.913. The highest BCUT2D eigenvalue weighted by atomic mass is 16.2. The number of carbonyl (C=O) groups is 1. The summed E-state index contributed by atoms with van der Waals surface area (Å²) in [4.78, 5) is 16.0. The van der Waals surface area contributed by atoms with Gasteiger partial charge in [0, 0.05) is 32.7 Å². The van der Waals surface area contributed by atoms with Gasteiger partial charge >= 0.3 is 0 Å². The highest BCUT2D eigenvalue weighted by molar-refractivity contribution is 5.80. The number of rotatable bonds is 5. The highest BCUT2D eigenvalue weighted by Crippen LogP contribution is 1.99. The van der Waals surface area contributed by atoms with Crippen LogP contribution >= 0.6 is 0 Å². The first-order valence-corrected chi connectivity index (χ1v) is 6.04. The van der Waals surface area contributed by atoms with Gasteiger partial charge in [0.05, 0.1) is 6.04 Å². The van der Waals surface area contributed by atoms with Crippen LogP contribution in [0.5, 0.6) is 0 Å². The fourth-order valence-electron chi connectivity index (χ4n) is 1.75. The molecule has 3 N–H and O–H groups in total. The minimum atomic E-state index is -0.399. The van der Waals surface area contributed by atoms with Crippen molar-refractivity contribution >= 4 is 5.91 Å². The normalized spacial score (nSPS) is 20.7. The molecule has 5 nitrogen and oxygen atoms in total. The van der Waals surface area contributed by atoms with E-state index >= 15 is 0 Å². The lowest BCUT2D eigenvalue weighted by Crippen LogP contribution is -2.45. The van der Waals surface area contributed by atoms with Gasteiger partial charge < -0.3 is 20.9 Å². The van der Waals surface area contributed by atoms with E-state index in [0.717, 1.165) is 45.7 Å². The lowest BCUT2D eigenvalue weighted by Gasteiger charge is -2.32. The standard InChI is InChI=1S/C11H24N4O/c1-10(12)11(16)13-4-3-5-15-8-6-14(2)7-9-15/h10H,3-9,12H2,1-2H3,(H,13,16). The van der Waals surface area contributed by atoms with Gasteiger partial charge in [-0.3, -0.25) is 4.79 Å². The predicted molar refractivity (Wildman–Crippen MR) is 65.2 cm³/mol. The molecule has 0 spiro atoms. The van der Waals surface area contributed by atoms with Crippen molar-refractivity contribution < 1.29 is 4.79 Å². The van der Waals surface area contributed by atoms with Gasteiger partial charge in [-0.05, 0) is 26.9 Å². The molecule has 0 aromatic carbocycles. The maximum Gasteiger partial charge on any atom is 0.236 e. The van der Waals surface area contributed by atoms with Gasteiger partial charge in [-0.15, -0.1) is 0 Å². The molecule has 1 atom stereocenters. The van der Waals surface area contributed by atoms with E-state index in [1.165, 1.54) is 0 Å². The number of hydrogen-bond acceptors (Lipinski definition) is 4. The Morgan fingerprint density at radius 3 is 2.56 bits per heavy atom. The van der Waals surface area contributed by atoms with Crippen molar-refractivity contribution in [3.63, 3.8) is 0 Å². The summed E-state index contributed by atoms with van der Waals surface area (Å²) in [6, 6.07) is -0.399. The van der Waals surface area contributed by atoms with Crippen LogP contribution in [0.1, 0.15) is 13.3 Å². The molecule has 0 radical (unpaired) electrons. The molecule has 0 aromatic rings. The maximum atomic E-state index is 11.2. The van der Waals surface area contributed by atoms with Crippen LogP contribution in [0.15, 0.2) is 0 Å². The van der Waals surface area contributed by atoms with Crippen LogP contribution < -0.4 is 11.1 Å². The third kappa shape index (κ3) is 4.92. The Balaban J connectivity index is 2.01. The molecule has 0 bridgehead atoms. The first-order chi connectivity index (χ1) is 7.59. The van der Waals surface area contributed by atoms with Crippen molar-refractivity contribution in [3.8, 4) is 0 Å². The molecule has 0 saturated carbocycles. The first kappa shape index (κ1) is 13.4. The Morgan fingerprint density at radius 2 is 2.00 bits per heavy atom. The van der Waals surface area contributed by atoms with E-state index in [9.17, 15) is 4.79 Å². The summed E-state index contributed by atoms with van der Waals surface area (Å²) in [6.45, 7) is 8.06. The van der Waals surface area contributed by atoms with E-state index in [0.29, 0.717) is 0 Å². The van der Waals surface area contributed by atoms with Crippen LogP contribution in [0.2, 0.25) is 0 Å². The number of nitrogens with zero attached hydrogens (tertiary/aromatic N) is 2. The topological polar surface area (TPSA) is 61.6 Å². The smallest absolute Gasteiger partial charge is 0.236 e. The van der Waals surface area contributed by atoms with E-state index in [1.807, 2.05) is 0 Å². The summed E-state index contributed by atoms with van der Waals surface area (Å²) < 4.78 is 0. The summed E-state index contributed by atoms with van der Waals surface area (Å²) in [7, 11) is 2.15. The minimum absolute atomic E-state index is 0.0571. The molecule has 1 amide bonds. The Labute approximate surface area is 98.0 Å². The number of carbonyl (C=O) groups excluding carboxylic acids is 1. The average Bonchev–Trinajstić information content (AvgIpc) is 2.26. The summed E-state index contributed by atoms with van der Waals surface area (Å²) >= 11 is 0. The third-order valence-electron chi connectivity index (χ3n) is 2.96. The van der Waals surface area contributed by atoms with Crippen molar-refractivity contribution in [1.29, 1.82) is 0 Å². The SMILES string of the molecule is CC(N)C(=O)NCCCN1CCN(C)CC1. The monoisotopic (exact) mass is 228 g/mol. The van der Waals surface area contributed by atoms with Gasteiger partial charge in [0.15, 0.2) is 0 Å². The van der Waals surface area contributed by atoms with Gasteiger partial charge in [0.1, 0.15) is 0 Å². The minimum Gasteiger partial charge on any atom is -0.355 e. The summed E-state index contributed by atoms with van der Waals surface area (Å²) in [5.41, 5.74) is 5.45. The second-order valence-electron chi connectivity index (χ2n) is 4.58. The number of amides is 1. The van der Waals surface area contributed by atoms with Gasteiger partial charge in [-0.1, -0.05) is 0 Å². The van der Waals surface area contributed by atoms with Crippen LogP contribution in [0.4, 0.5) is 0 Å². The van der Waals surface area contributed by atoms with Crippen molar-refractivity contribution in [1.82, 2.24) is 15.1 Å². The van der Waals surface area contributed by atoms with Gasteiger partial charge in [0.2, 0.25) is 5.91 Å². The van der Waals surface area contributed by atoms with Gasteiger partial charge in [0.25, 0.3) is 0 Å². The molecule has 1 saturated heterocycles. The number of hydrogen-bond donors (Lipinski definition) is 2. The molecule has 0 aromatic heterocycles. The van der Waals surface area contributed by atoms with E-state index in [-0.39, 0.29) is 5.91 Å². The molecular weight excluding hydrogens is 204 g/mol. The molecule has 1 fully saturated rings. The zero-order valence-electron chi connectivity index (χ0n) is 10.4. The molecule has 1 unspecified atom stereocenters. The molecule has 1 aliphatic heterocycles. The van der Waals surface area contributed by atoms with E-state index < -0.39 is 6.04 Å². The molecule has 0 aliphatic carbocycles. The van der Waals surface area contributed by atoms with E-state index in [2.05, 4.69) is 22.2 Å². The quantitative estimate of drug-likeness (QED) is 0.598. The lowest BCUT2D eigenvalue weighted by atomic mass is 10.3. The Kier molecular flexibility index (Phi) is 5.73. The van der Waals surface area contributed by atoms with Crippen LogP contribution in [0.3, 0.4) is 0 Å². The zero-order valence-corrected chi connectivity index (χ0v) is 10.4. The van der Waals surface area contributed by atoms with Crippen LogP contribution in [0, 0.1) is 0 Å². The van der Waals surface area contributed by atoms with Crippen LogP contribution in [-0.2, 0) is 4.79 Å². The summed E-state index contributed by atoms with van der Waals surface area (Å²) in [5.74, 6) is -0.0571. The van der Waals surface area contributed by atoms with Gasteiger partial charge in [-0.2, -0.15) is 0 Å².